The fourth-order valence-electron chi connectivity index (χ4n) is 2.78. The number of halogens is 1. The summed E-state index contributed by atoms with van der Waals surface area (Å²) in [6, 6.07) is 5.34. The molecule has 1 aliphatic heterocycles. The van der Waals surface area contributed by atoms with E-state index in [2.05, 4.69) is 9.97 Å². The number of sulfonamides is 1. The summed E-state index contributed by atoms with van der Waals surface area (Å²) in [4.78, 5) is 7.95. The van der Waals surface area contributed by atoms with E-state index < -0.39 is 15.8 Å². The zero-order valence-corrected chi connectivity index (χ0v) is 14.0. The van der Waals surface area contributed by atoms with E-state index >= 15 is 0 Å². The SMILES string of the molecule is Cc1cc(F)ccc1S(=O)(=O)N1CCCC(Oc2ccncn2)C1. The van der Waals surface area contributed by atoms with Crippen LogP contribution in [0.2, 0.25) is 0 Å². The number of piperidine rings is 1. The van der Waals surface area contributed by atoms with Crippen LogP contribution < -0.4 is 4.74 Å². The molecule has 6 nitrogen and oxygen atoms in total. The van der Waals surface area contributed by atoms with E-state index in [1.807, 2.05) is 0 Å². The molecule has 1 fully saturated rings. The van der Waals surface area contributed by atoms with Gasteiger partial charge in [0.15, 0.2) is 0 Å². The molecule has 0 spiro atoms. The van der Waals surface area contributed by atoms with Gasteiger partial charge in [0, 0.05) is 18.8 Å². The molecule has 128 valence electrons. The lowest BCUT2D eigenvalue weighted by Gasteiger charge is -2.32. The number of nitrogens with zero attached hydrogens (tertiary/aromatic N) is 3. The molecule has 2 aromatic rings. The lowest BCUT2D eigenvalue weighted by molar-refractivity contribution is 0.124. The number of hydrogen-bond acceptors (Lipinski definition) is 5. The molecular weight excluding hydrogens is 333 g/mol. The van der Waals surface area contributed by atoms with Crippen LogP contribution in [0.15, 0.2) is 41.7 Å². The number of rotatable bonds is 4. The largest absolute Gasteiger partial charge is 0.473 e. The quantitative estimate of drug-likeness (QED) is 0.844. The van der Waals surface area contributed by atoms with Gasteiger partial charge in [-0.1, -0.05) is 0 Å². The Kier molecular flexibility index (Phi) is 4.77. The summed E-state index contributed by atoms with van der Waals surface area (Å²) in [5.41, 5.74) is 0.397. The first-order chi connectivity index (χ1) is 11.5. The van der Waals surface area contributed by atoms with Gasteiger partial charge in [-0.15, -0.1) is 0 Å². The third-order valence-electron chi connectivity index (χ3n) is 3.94. The summed E-state index contributed by atoms with van der Waals surface area (Å²) in [6.45, 7) is 2.25. The van der Waals surface area contributed by atoms with Crippen molar-refractivity contribution in [2.45, 2.75) is 30.8 Å². The van der Waals surface area contributed by atoms with E-state index in [0.29, 0.717) is 24.4 Å². The smallest absolute Gasteiger partial charge is 0.243 e. The molecule has 2 heterocycles. The van der Waals surface area contributed by atoms with Crippen LogP contribution in [0.5, 0.6) is 5.88 Å². The average molecular weight is 351 g/mol. The Labute approximate surface area is 140 Å². The molecule has 1 atom stereocenters. The number of benzene rings is 1. The van der Waals surface area contributed by atoms with Crippen molar-refractivity contribution in [2.75, 3.05) is 13.1 Å². The number of aryl methyl sites for hydroxylation is 1. The molecule has 1 aliphatic rings. The lowest BCUT2D eigenvalue weighted by Crippen LogP contribution is -2.44. The molecule has 0 amide bonds. The van der Waals surface area contributed by atoms with E-state index in [-0.39, 0.29) is 17.5 Å². The molecule has 1 saturated heterocycles. The monoisotopic (exact) mass is 351 g/mol. The van der Waals surface area contributed by atoms with E-state index in [9.17, 15) is 12.8 Å². The minimum absolute atomic E-state index is 0.131. The molecule has 1 unspecified atom stereocenters. The van der Waals surface area contributed by atoms with E-state index in [1.165, 1.54) is 28.8 Å². The Hall–Kier alpha value is -2.06. The molecule has 0 N–H and O–H groups in total. The Balaban J connectivity index is 1.78. The molecule has 0 radical (unpaired) electrons. The number of ether oxygens (including phenoxy) is 1. The number of hydrogen-bond donors (Lipinski definition) is 0. The normalized spacial score (nSPS) is 19.2. The summed E-state index contributed by atoms with van der Waals surface area (Å²) >= 11 is 0. The first-order valence-corrected chi connectivity index (χ1v) is 9.10. The topological polar surface area (TPSA) is 72.4 Å². The van der Waals surface area contributed by atoms with Crippen molar-refractivity contribution in [1.29, 1.82) is 0 Å². The maximum atomic E-state index is 13.2. The molecule has 3 rings (SSSR count). The van der Waals surface area contributed by atoms with Crippen molar-refractivity contribution in [2.24, 2.45) is 0 Å². The zero-order valence-electron chi connectivity index (χ0n) is 13.2. The Morgan fingerprint density at radius 3 is 2.88 bits per heavy atom. The molecule has 0 bridgehead atoms. The van der Waals surface area contributed by atoms with Gasteiger partial charge in [0.25, 0.3) is 0 Å². The number of aromatic nitrogens is 2. The van der Waals surface area contributed by atoms with E-state index in [1.54, 1.807) is 19.2 Å². The maximum absolute atomic E-state index is 13.2. The maximum Gasteiger partial charge on any atom is 0.243 e. The second-order valence-electron chi connectivity index (χ2n) is 5.70. The van der Waals surface area contributed by atoms with E-state index in [0.717, 1.165) is 6.42 Å². The second kappa shape index (κ2) is 6.82. The summed E-state index contributed by atoms with van der Waals surface area (Å²) in [6.07, 6.45) is 4.12. The summed E-state index contributed by atoms with van der Waals surface area (Å²) in [7, 11) is -3.68. The van der Waals surface area contributed by atoms with Crippen LogP contribution in [-0.2, 0) is 10.0 Å². The average Bonchev–Trinajstić information content (AvgIpc) is 2.56. The van der Waals surface area contributed by atoms with Gasteiger partial charge in [-0.2, -0.15) is 4.31 Å². The lowest BCUT2D eigenvalue weighted by atomic mass is 10.1. The van der Waals surface area contributed by atoms with Crippen LogP contribution in [-0.4, -0.2) is 41.9 Å². The van der Waals surface area contributed by atoms with Crippen LogP contribution in [0.3, 0.4) is 0 Å². The van der Waals surface area contributed by atoms with Gasteiger partial charge < -0.3 is 4.74 Å². The predicted molar refractivity (Wildman–Crippen MR) is 85.6 cm³/mol. The Bertz CT molecular complexity index is 815. The zero-order chi connectivity index (χ0) is 17.2. The fraction of sp³-hybridized carbons (Fsp3) is 0.375. The highest BCUT2D eigenvalue weighted by molar-refractivity contribution is 7.89. The molecule has 24 heavy (non-hydrogen) atoms. The van der Waals surface area contributed by atoms with Crippen molar-refractivity contribution < 1.29 is 17.5 Å². The first-order valence-electron chi connectivity index (χ1n) is 7.66. The Morgan fingerprint density at radius 1 is 1.33 bits per heavy atom. The van der Waals surface area contributed by atoms with Crippen LogP contribution in [0.4, 0.5) is 4.39 Å². The third-order valence-corrected chi connectivity index (χ3v) is 5.96. The minimum atomic E-state index is -3.68. The van der Waals surface area contributed by atoms with Gasteiger partial charge in [0.2, 0.25) is 15.9 Å². The second-order valence-corrected chi connectivity index (χ2v) is 7.61. The fourth-order valence-corrected chi connectivity index (χ4v) is 4.50. The van der Waals surface area contributed by atoms with Crippen molar-refractivity contribution in [3.8, 4) is 5.88 Å². The van der Waals surface area contributed by atoms with Crippen molar-refractivity contribution >= 4 is 10.0 Å². The van der Waals surface area contributed by atoms with E-state index in [4.69, 9.17) is 4.74 Å². The Morgan fingerprint density at radius 2 is 2.17 bits per heavy atom. The van der Waals surface area contributed by atoms with Gasteiger partial charge in [-0.05, 0) is 43.5 Å². The summed E-state index contributed by atoms with van der Waals surface area (Å²) < 4.78 is 46.1. The highest BCUT2D eigenvalue weighted by Gasteiger charge is 2.32. The molecule has 1 aromatic heterocycles. The highest BCUT2D eigenvalue weighted by Crippen LogP contribution is 2.25. The molecule has 1 aromatic carbocycles. The van der Waals surface area contributed by atoms with Gasteiger partial charge in [-0.3, -0.25) is 0 Å². The van der Waals surface area contributed by atoms with Crippen molar-refractivity contribution in [3.63, 3.8) is 0 Å². The standard InChI is InChI=1S/C16H18FN3O3S/c1-12-9-13(17)4-5-15(12)24(21,22)20-8-2-3-14(10-20)23-16-6-7-18-11-19-16/h4-7,9,11,14H,2-3,8,10H2,1H3. The van der Waals surface area contributed by atoms with Crippen molar-refractivity contribution in [1.82, 2.24) is 14.3 Å². The van der Waals surface area contributed by atoms with Crippen LogP contribution in [0.1, 0.15) is 18.4 Å². The van der Waals surface area contributed by atoms with Gasteiger partial charge in [0.05, 0.1) is 11.4 Å². The molecule has 8 heteroatoms. The van der Waals surface area contributed by atoms with Gasteiger partial charge in [0.1, 0.15) is 18.2 Å². The summed E-state index contributed by atoms with van der Waals surface area (Å²) in [5.74, 6) is -0.0257. The predicted octanol–water partition coefficient (Wildman–Crippen LogP) is 2.16. The molecule has 0 aliphatic carbocycles. The van der Waals surface area contributed by atoms with Gasteiger partial charge >= 0.3 is 0 Å². The highest BCUT2D eigenvalue weighted by atomic mass is 32.2. The van der Waals surface area contributed by atoms with Crippen molar-refractivity contribution in [3.05, 3.63) is 48.2 Å². The third kappa shape index (κ3) is 3.54. The molecule has 0 saturated carbocycles. The van der Waals surface area contributed by atoms with Crippen LogP contribution in [0, 0.1) is 12.7 Å². The minimum Gasteiger partial charge on any atom is -0.473 e. The van der Waals surface area contributed by atoms with Crippen LogP contribution in [0.25, 0.3) is 0 Å². The summed E-state index contributed by atoms with van der Waals surface area (Å²) in [5, 5.41) is 0. The van der Waals surface area contributed by atoms with Crippen LogP contribution >= 0.6 is 0 Å². The molecular formula is C16H18FN3O3S. The van der Waals surface area contributed by atoms with Gasteiger partial charge in [-0.25, -0.2) is 22.8 Å². The first kappa shape index (κ1) is 16.8.